The van der Waals surface area contributed by atoms with Crippen molar-refractivity contribution < 1.29 is 38.9 Å². The molecule has 0 heterocycles. The number of methoxy groups -OCH3 is 1. The van der Waals surface area contributed by atoms with E-state index in [1.54, 1.807) is 0 Å². The van der Waals surface area contributed by atoms with Crippen LogP contribution in [-0.4, -0.2) is 85.2 Å². The molecule has 0 aromatic rings. The third-order valence-electron chi connectivity index (χ3n) is 2.81. The van der Waals surface area contributed by atoms with Gasteiger partial charge in [-0.3, -0.25) is 14.5 Å². The van der Waals surface area contributed by atoms with E-state index in [2.05, 4.69) is 4.74 Å². The molecule has 1 atom stereocenters. The summed E-state index contributed by atoms with van der Waals surface area (Å²) in [5.41, 5.74) is 0. The number of aliphatic carboxylic acids is 1. The molecular weight excluding hydrogens is 310 g/mol. The van der Waals surface area contributed by atoms with Crippen LogP contribution in [-0.2, 0) is 9.53 Å². The summed E-state index contributed by atoms with van der Waals surface area (Å²) >= 11 is 0. The number of carboxylic acid groups (broad SMARTS) is 2. The minimum absolute atomic E-state index is 0.0762. The third kappa shape index (κ3) is 6.41. The molecule has 0 saturated heterocycles. The molecule has 0 spiro atoms. The fourth-order valence-corrected chi connectivity index (χ4v) is 1.74. The molecule has 0 bridgehead atoms. The van der Waals surface area contributed by atoms with Crippen LogP contribution >= 0.6 is 0 Å². The molecule has 0 aromatic carbocycles. The average Bonchev–Trinajstić information content (AvgIpc) is 2.43. The maximum absolute atomic E-state index is 11.4. The predicted octanol–water partition coefficient (Wildman–Crippen LogP) is 0.235. The van der Waals surface area contributed by atoms with Gasteiger partial charge in [0.1, 0.15) is 6.04 Å². The van der Waals surface area contributed by atoms with E-state index >= 15 is 0 Å². The van der Waals surface area contributed by atoms with Gasteiger partial charge in [-0.15, -0.1) is 0 Å². The second-order valence-electron chi connectivity index (χ2n) is 4.30. The first-order valence-corrected chi connectivity index (χ1v) is 6.32. The summed E-state index contributed by atoms with van der Waals surface area (Å²) in [6, 6.07) is -1.58. The van der Waals surface area contributed by atoms with Crippen LogP contribution in [0.3, 0.4) is 0 Å². The lowest BCUT2D eigenvalue weighted by molar-refractivity contribution is -0.141. The van der Waals surface area contributed by atoms with Crippen LogP contribution in [0.2, 0.25) is 0 Å². The van der Waals surface area contributed by atoms with Gasteiger partial charge in [0.05, 0.1) is 7.11 Å². The Morgan fingerprint density at radius 3 is 1.96 bits per heavy atom. The van der Waals surface area contributed by atoms with Gasteiger partial charge >= 0.3 is 18.2 Å². The van der Waals surface area contributed by atoms with Crippen molar-refractivity contribution >= 4 is 45.5 Å². The number of unbranched alkanes of at least 4 members (excludes halogenated alkanes) is 1. The SMILES string of the molecule is [B]C(=O)N(CCCCC(C(=O)O)N(C([B])=O)C(=O)OC)C(=O)O. The van der Waals surface area contributed by atoms with Crippen molar-refractivity contribution in [2.45, 2.75) is 25.3 Å². The van der Waals surface area contributed by atoms with Crippen LogP contribution in [0.4, 0.5) is 19.2 Å². The van der Waals surface area contributed by atoms with E-state index < -0.39 is 35.8 Å². The summed E-state index contributed by atoms with van der Waals surface area (Å²) in [6.07, 6.45) is -2.82. The van der Waals surface area contributed by atoms with Gasteiger partial charge in [-0.25, -0.2) is 19.3 Å². The number of imide groups is 2. The summed E-state index contributed by atoms with van der Waals surface area (Å²) in [6.45, 7) is -0.258. The molecule has 0 aliphatic rings. The quantitative estimate of drug-likeness (QED) is 0.501. The molecule has 12 heteroatoms. The maximum Gasteiger partial charge on any atom is 0.416 e. The molecule has 0 rings (SSSR count). The highest BCUT2D eigenvalue weighted by Crippen LogP contribution is 2.12. The molecule has 0 aliphatic carbocycles. The third-order valence-corrected chi connectivity index (χ3v) is 2.81. The van der Waals surface area contributed by atoms with E-state index in [-0.39, 0.29) is 30.7 Å². The molecule has 0 saturated carbocycles. The number of nitrogens with zero attached hydrogens (tertiary/aromatic N) is 2. The minimum Gasteiger partial charge on any atom is -0.480 e. The van der Waals surface area contributed by atoms with Crippen molar-refractivity contribution in [3.05, 3.63) is 0 Å². The van der Waals surface area contributed by atoms with Gasteiger partial charge in [0.15, 0.2) is 11.6 Å². The second-order valence-corrected chi connectivity index (χ2v) is 4.30. The Bertz CT molecular complexity index is 484. The van der Waals surface area contributed by atoms with E-state index in [4.69, 9.17) is 25.9 Å². The number of ether oxygens (including phenoxy) is 1. The molecule has 0 aliphatic heterocycles. The minimum atomic E-state index is -1.58. The van der Waals surface area contributed by atoms with E-state index in [1.165, 1.54) is 0 Å². The molecular formula is C11H14B2N2O8. The van der Waals surface area contributed by atoms with Crippen molar-refractivity contribution in [1.29, 1.82) is 0 Å². The number of carbonyl (C=O) groups is 5. The van der Waals surface area contributed by atoms with Gasteiger partial charge < -0.3 is 14.9 Å². The summed E-state index contributed by atoms with van der Waals surface area (Å²) in [5, 5.41) is 17.8. The Labute approximate surface area is 134 Å². The van der Waals surface area contributed by atoms with Crippen molar-refractivity contribution in [2.75, 3.05) is 13.7 Å². The number of hydrogen-bond acceptors (Lipinski definition) is 6. The summed E-state index contributed by atoms with van der Waals surface area (Å²) in [4.78, 5) is 55.9. The number of amides is 4. The second kappa shape index (κ2) is 9.49. The van der Waals surface area contributed by atoms with Crippen LogP contribution in [0, 0.1) is 0 Å². The standard InChI is InChI=1S/C11H14B2N2O8/c1-23-11(22)15(9(13)19)6(7(16)17)4-2-3-5-14(8(12)18)10(20)21/h6H,2-5H2,1H3,(H,16,17)(H,20,21). The van der Waals surface area contributed by atoms with Gasteiger partial charge in [-0.2, -0.15) is 0 Å². The van der Waals surface area contributed by atoms with Gasteiger partial charge in [-0.1, -0.05) is 0 Å². The summed E-state index contributed by atoms with van der Waals surface area (Å²) in [5.74, 6) is -3.95. The van der Waals surface area contributed by atoms with Gasteiger partial charge in [0.2, 0.25) is 15.7 Å². The summed E-state index contributed by atoms with van der Waals surface area (Å²) in [7, 11) is 10.8. The van der Waals surface area contributed by atoms with E-state index in [9.17, 15) is 24.0 Å². The van der Waals surface area contributed by atoms with Crippen LogP contribution in [0.5, 0.6) is 0 Å². The van der Waals surface area contributed by atoms with Gasteiger partial charge in [0.25, 0.3) is 0 Å². The number of rotatable bonds is 7. The first kappa shape index (κ1) is 20.5. The smallest absolute Gasteiger partial charge is 0.416 e. The molecule has 2 N–H and O–H groups in total. The zero-order chi connectivity index (χ0) is 18.2. The van der Waals surface area contributed by atoms with Crippen LogP contribution in [0.1, 0.15) is 19.3 Å². The van der Waals surface area contributed by atoms with Crippen LogP contribution < -0.4 is 0 Å². The highest BCUT2D eigenvalue weighted by Gasteiger charge is 2.32. The van der Waals surface area contributed by atoms with E-state index in [0.717, 1.165) is 7.11 Å². The normalized spacial score (nSPS) is 11.2. The van der Waals surface area contributed by atoms with Crippen LogP contribution in [0.15, 0.2) is 0 Å². The Morgan fingerprint density at radius 1 is 1.04 bits per heavy atom. The highest BCUT2D eigenvalue weighted by atomic mass is 16.5. The molecule has 10 nitrogen and oxygen atoms in total. The lowest BCUT2D eigenvalue weighted by Crippen LogP contribution is -2.48. The molecule has 4 amide bonds. The van der Waals surface area contributed by atoms with Crippen molar-refractivity contribution in [1.82, 2.24) is 9.80 Å². The van der Waals surface area contributed by atoms with Crippen molar-refractivity contribution in [3.63, 3.8) is 0 Å². The topological polar surface area (TPSA) is 142 Å². The van der Waals surface area contributed by atoms with Gasteiger partial charge in [0, 0.05) is 6.54 Å². The fraction of sp³-hybridized carbons (Fsp3) is 0.545. The highest BCUT2D eigenvalue weighted by molar-refractivity contribution is 6.58. The Morgan fingerprint density at radius 2 is 1.61 bits per heavy atom. The van der Waals surface area contributed by atoms with Crippen molar-refractivity contribution in [3.8, 4) is 0 Å². The summed E-state index contributed by atoms with van der Waals surface area (Å²) < 4.78 is 4.29. The molecule has 1 unspecified atom stereocenters. The first-order valence-electron chi connectivity index (χ1n) is 6.32. The predicted molar refractivity (Wildman–Crippen MR) is 76.5 cm³/mol. The lowest BCUT2D eigenvalue weighted by Gasteiger charge is -2.25. The fourth-order valence-electron chi connectivity index (χ4n) is 1.74. The maximum atomic E-state index is 11.4. The largest absolute Gasteiger partial charge is 0.480 e. The zero-order valence-corrected chi connectivity index (χ0v) is 12.3. The van der Waals surface area contributed by atoms with E-state index in [1.807, 2.05) is 0 Å². The zero-order valence-electron chi connectivity index (χ0n) is 12.3. The average molecular weight is 324 g/mol. The number of carboxylic acids is 1. The van der Waals surface area contributed by atoms with Crippen molar-refractivity contribution in [2.24, 2.45) is 0 Å². The Kier molecular flexibility index (Phi) is 8.45. The molecule has 4 radical (unpaired) electrons. The van der Waals surface area contributed by atoms with Gasteiger partial charge in [-0.05, 0) is 19.3 Å². The Balaban J connectivity index is 4.76. The first-order chi connectivity index (χ1) is 10.6. The molecule has 0 fully saturated rings. The molecule has 0 aromatic heterocycles. The number of hydrogen-bond donors (Lipinski definition) is 2. The Hall–Kier alpha value is -2.52. The van der Waals surface area contributed by atoms with Crippen LogP contribution in [0.25, 0.3) is 0 Å². The monoisotopic (exact) mass is 324 g/mol. The molecule has 23 heavy (non-hydrogen) atoms. The lowest BCUT2D eigenvalue weighted by atomic mass is 10.0. The van der Waals surface area contributed by atoms with E-state index in [0.29, 0.717) is 4.90 Å². The molecule has 122 valence electrons. The number of carbonyl (C=O) groups excluding carboxylic acids is 3.